The third-order valence-corrected chi connectivity index (χ3v) is 11.5. The molecular weight excluding hydrogens is 621 g/mol. The van der Waals surface area contributed by atoms with Crippen molar-refractivity contribution in [1.29, 1.82) is 10.5 Å². The number of hydrogen-bond acceptors (Lipinski definition) is 4. The molecule has 0 aliphatic heterocycles. The van der Waals surface area contributed by atoms with Crippen molar-refractivity contribution in [3.05, 3.63) is 157 Å². The molecule has 0 bridgehead atoms. The van der Waals surface area contributed by atoms with Gasteiger partial charge in [0.15, 0.2) is 0 Å². The van der Waals surface area contributed by atoms with Crippen molar-refractivity contribution in [2.24, 2.45) is 0 Å². The zero-order valence-electron chi connectivity index (χ0n) is 25.6. The van der Waals surface area contributed by atoms with E-state index in [1.165, 1.54) is 40.3 Å². The molecule has 0 spiro atoms. The molecule has 0 amide bonds. The Balaban J connectivity index is 1.32. The molecule has 0 unspecified atom stereocenters. The van der Waals surface area contributed by atoms with Crippen molar-refractivity contribution in [3.8, 4) is 56.6 Å². The highest BCUT2D eigenvalue weighted by Gasteiger charge is 2.18. The van der Waals surface area contributed by atoms with E-state index in [0.29, 0.717) is 11.1 Å². The Hall–Kier alpha value is -6.04. The zero-order valence-corrected chi connectivity index (χ0v) is 27.2. The summed E-state index contributed by atoms with van der Waals surface area (Å²) in [5, 5.41) is 25.4. The lowest BCUT2D eigenvalue weighted by Crippen LogP contribution is -1.94. The highest BCUT2D eigenvalue weighted by atomic mass is 32.1. The first kappa shape index (κ1) is 28.2. The zero-order chi connectivity index (χ0) is 32.2. The maximum absolute atomic E-state index is 10.3. The van der Waals surface area contributed by atoms with Crippen molar-refractivity contribution in [2.75, 3.05) is 0 Å². The predicted octanol–water partition coefficient (Wildman–Crippen LogP) is 12.8. The largest absolute Gasteiger partial charge is 0.192 e. The number of nitrogens with zero attached hydrogens (tertiary/aromatic N) is 2. The van der Waals surface area contributed by atoms with E-state index in [2.05, 4.69) is 121 Å². The van der Waals surface area contributed by atoms with Gasteiger partial charge < -0.3 is 0 Å². The van der Waals surface area contributed by atoms with Gasteiger partial charge in [-0.2, -0.15) is 10.5 Å². The van der Waals surface area contributed by atoms with E-state index in [1.807, 2.05) is 59.1 Å². The van der Waals surface area contributed by atoms with Crippen LogP contribution in [0.3, 0.4) is 0 Å². The molecule has 7 aromatic carbocycles. The summed E-state index contributed by atoms with van der Waals surface area (Å²) in [5.41, 5.74) is 8.99. The van der Waals surface area contributed by atoms with Gasteiger partial charge >= 0.3 is 0 Å². The summed E-state index contributed by atoms with van der Waals surface area (Å²) in [4.78, 5) is 0. The van der Waals surface area contributed by atoms with Gasteiger partial charge in [0, 0.05) is 51.5 Å². The van der Waals surface area contributed by atoms with Crippen LogP contribution >= 0.6 is 22.7 Å². The van der Waals surface area contributed by atoms with Gasteiger partial charge in [0.25, 0.3) is 0 Å². The van der Waals surface area contributed by atoms with Crippen molar-refractivity contribution in [3.63, 3.8) is 0 Å². The lowest BCUT2D eigenvalue weighted by molar-refractivity contribution is 1.45. The molecule has 48 heavy (non-hydrogen) atoms. The highest BCUT2D eigenvalue weighted by molar-refractivity contribution is 7.26. The molecule has 0 saturated carbocycles. The molecule has 2 heterocycles. The summed E-state index contributed by atoms with van der Waals surface area (Å²) >= 11 is 3.64. The van der Waals surface area contributed by atoms with Gasteiger partial charge in [0.05, 0.1) is 23.3 Å². The summed E-state index contributed by atoms with van der Waals surface area (Å²) in [6.45, 7) is 0. The fourth-order valence-electron chi connectivity index (χ4n) is 6.90. The second-order valence-electron chi connectivity index (χ2n) is 11.9. The van der Waals surface area contributed by atoms with Crippen molar-refractivity contribution < 1.29 is 0 Å². The van der Waals surface area contributed by atoms with Crippen LogP contribution in [0.25, 0.3) is 84.9 Å². The Morgan fingerprint density at radius 3 is 1.44 bits per heavy atom. The topological polar surface area (TPSA) is 47.6 Å². The van der Waals surface area contributed by atoms with Crippen LogP contribution in [0, 0.1) is 22.7 Å². The maximum atomic E-state index is 10.3. The first-order chi connectivity index (χ1) is 23.7. The number of fused-ring (bicyclic) bond motifs is 6. The summed E-state index contributed by atoms with van der Waals surface area (Å²) in [6.07, 6.45) is 0. The number of nitriles is 2. The fraction of sp³-hybridized carbons (Fsp3) is 0. The first-order valence-electron chi connectivity index (χ1n) is 15.7. The molecule has 9 rings (SSSR count). The van der Waals surface area contributed by atoms with E-state index in [9.17, 15) is 10.5 Å². The number of benzene rings is 7. The number of rotatable bonds is 4. The summed E-state index contributed by atoms with van der Waals surface area (Å²) in [5.74, 6) is 0. The highest BCUT2D eigenvalue weighted by Crippen LogP contribution is 2.43. The van der Waals surface area contributed by atoms with Gasteiger partial charge in [-0.1, -0.05) is 78.9 Å². The molecule has 2 aromatic heterocycles. The normalized spacial score (nSPS) is 11.3. The van der Waals surface area contributed by atoms with Crippen LogP contribution in [0.2, 0.25) is 0 Å². The second kappa shape index (κ2) is 11.3. The van der Waals surface area contributed by atoms with Gasteiger partial charge in [0.1, 0.15) is 0 Å². The smallest absolute Gasteiger partial charge is 0.0998 e. The van der Waals surface area contributed by atoms with Gasteiger partial charge in [-0.3, -0.25) is 0 Å². The van der Waals surface area contributed by atoms with E-state index in [-0.39, 0.29) is 0 Å². The lowest BCUT2D eigenvalue weighted by atomic mass is 9.86. The van der Waals surface area contributed by atoms with Crippen LogP contribution in [0.1, 0.15) is 11.1 Å². The predicted molar refractivity (Wildman–Crippen MR) is 203 cm³/mol. The minimum atomic E-state index is 0.541. The van der Waals surface area contributed by atoms with E-state index >= 15 is 0 Å². The molecule has 0 fully saturated rings. The standard InChI is InChI=1S/C44H24N2S2/c45-25-29-8-1-2-10-34(29)44-30(26-46)9-7-13-35(44)33-21-31(27-16-18-42-38(23-27)36-11-3-5-14-40(36)47-42)20-32(22-33)28-17-19-43-39(24-28)37-12-4-6-15-41(37)48-43/h1-24H. The van der Waals surface area contributed by atoms with Gasteiger partial charge in [-0.15, -0.1) is 22.7 Å². The van der Waals surface area contributed by atoms with E-state index in [1.54, 1.807) is 0 Å². The Morgan fingerprint density at radius 2 is 0.833 bits per heavy atom. The average Bonchev–Trinajstić information content (AvgIpc) is 3.72. The molecule has 222 valence electrons. The molecule has 9 aromatic rings. The van der Waals surface area contributed by atoms with E-state index in [0.717, 1.165) is 44.5 Å². The molecular formula is C44H24N2S2. The third kappa shape index (κ3) is 4.59. The minimum Gasteiger partial charge on any atom is -0.192 e. The van der Waals surface area contributed by atoms with Gasteiger partial charge in [-0.25, -0.2) is 0 Å². The lowest BCUT2D eigenvalue weighted by Gasteiger charge is -2.16. The molecule has 2 nitrogen and oxygen atoms in total. The van der Waals surface area contributed by atoms with Crippen LogP contribution in [0.4, 0.5) is 0 Å². The van der Waals surface area contributed by atoms with Crippen molar-refractivity contribution in [1.82, 2.24) is 0 Å². The van der Waals surface area contributed by atoms with Crippen LogP contribution in [-0.4, -0.2) is 0 Å². The summed E-state index contributed by atoms with van der Waals surface area (Å²) < 4.78 is 5.10. The summed E-state index contributed by atoms with van der Waals surface area (Å²) in [7, 11) is 0. The quantitative estimate of drug-likeness (QED) is 0.191. The average molecular weight is 645 g/mol. The molecule has 0 atom stereocenters. The van der Waals surface area contributed by atoms with E-state index in [4.69, 9.17) is 0 Å². The van der Waals surface area contributed by atoms with Crippen molar-refractivity contribution >= 4 is 63.0 Å². The Morgan fingerprint density at radius 1 is 0.354 bits per heavy atom. The SMILES string of the molecule is N#Cc1ccccc1-c1c(C#N)cccc1-c1cc(-c2ccc3sc4ccccc4c3c2)cc(-c2ccc3sc4ccccc4c3c2)c1. The maximum Gasteiger partial charge on any atom is 0.0998 e. The van der Waals surface area contributed by atoms with Crippen LogP contribution < -0.4 is 0 Å². The second-order valence-corrected chi connectivity index (χ2v) is 14.1. The molecule has 0 aliphatic rings. The molecule has 0 radical (unpaired) electrons. The van der Waals surface area contributed by atoms with Crippen molar-refractivity contribution in [2.45, 2.75) is 0 Å². The first-order valence-corrected chi connectivity index (χ1v) is 17.3. The Labute approximate surface area is 285 Å². The molecule has 0 aliphatic carbocycles. The molecule has 0 N–H and O–H groups in total. The molecule has 4 heteroatoms. The summed E-state index contributed by atoms with van der Waals surface area (Å²) in [6, 6.07) is 55.6. The Bertz CT molecular complexity index is 2690. The van der Waals surface area contributed by atoms with Crippen LogP contribution in [0.5, 0.6) is 0 Å². The van der Waals surface area contributed by atoms with Gasteiger partial charge in [0.2, 0.25) is 0 Å². The third-order valence-electron chi connectivity index (χ3n) is 9.17. The number of hydrogen-bond donors (Lipinski definition) is 0. The molecule has 0 saturated heterocycles. The van der Waals surface area contributed by atoms with Crippen LogP contribution in [0.15, 0.2) is 146 Å². The monoisotopic (exact) mass is 644 g/mol. The van der Waals surface area contributed by atoms with E-state index < -0.39 is 0 Å². The fourth-order valence-corrected chi connectivity index (χ4v) is 9.08. The number of thiophene rings is 2. The van der Waals surface area contributed by atoms with Gasteiger partial charge in [-0.05, 0) is 100 Å². The van der Waals surface area contributed by atoms with Crippen LogP contribution in [-0.2, 0) is 0 Å². The minimum absolute atomic E-state index is 0.541. The Kier molecular flexibility index (Phi) is 6.66.